The molecule has 0 spiro atoms. The van der Waals surface area contributed by atoms with Gasteiger partial charge in [-0.15, -0.1) is 0 Å². The molecule has 45 heavy (non-hydrogen) atoms. The summed E-state index contributed by atoms with van der Waals surface area (Å²) >= 11 is 0. The van der Waals surface area contributed by atoms with E-state index in [1.165, 1.54) is 54.8 Å². The molecule has 0 amide bonds. The van der Waals surface area contributed by atoms with Crippen molar-refractivity contribution in [1.82, 2.24) is 0 Å². The Morgan fingerprint density at radius 2 is 0.733 bits per heavy atom. The van der Waals surface area contributed by atoms with Crippen LogP contribution in [0.3, 0.4) is 0 Å². The van der Waals surface area contributed by atoms with Crippen LogP contribution in [0.1, 0.15) is 101 Å². The Morgan fingerprint density at radius 3 is 1.02 bits per heavy atom. The molecule has 0 saturated carbocycles. The Morgan fingerprint density at radius 1 is 0.444 bits per heavy atom. The van der Waals surface area contributed by atoms with E-state index < -0.39 is 16.5 Å². The maximum absolute atomic E-state index is 7.06. The van der Waals surface area contributed by atoms with E-state index in [-0.39, 0.29) is 0 Å². The maximum atomic E-state index is 7.06. The minimum atomic E-state index is -2.21. The fourth-order valence-electron chi connectivity index (χ4n) is 6.95. The van der Waals surface area contributed by atoms with Gasteiger partial charge in [0.15, 0.2) is 16.5 Å². The molecule has 1 aromatic heterocycles. The predicted molar refractivity (Wildman–Crippen MR) is 204 cm³/mol. The van der Waals surface area contributed by atoms with Crippen LogP contribution in [0, 0.1) is 0 Å². The monoisotopic (exact) mass is 634 g/mol. The molecule has 1 heterocycles. The first-order chi connectivity index (χ1) is 21.1. The Balaban J connectivity index is 1.64. The standard InChI is InChI=1S/C40H54N2OSi2/c1-25(2)29-17-13-18-30(26(3)4)37(29)41-44(9,10)35-23-15-21-33-34-22-16-24-36(40(34)43-39(33)35)45(11,12)42-38-31(27(5)6)19-14-20-32(38)28(7)8/h13-28,41-42H,1-12H3. The first-order valence-electron chi connectivity index (χ1n) is 16.9. The Bertz CT molecular complexity index is 1640. The zero-order valence-corrected chi connectivity index (χ0v) is 31.6. The van der Waals surface area contributed by atoms with Crippen molar-refractivity contribution in [2.45, 2.75) is 105 Å². The van der Waals surface area contributed by atoms with E-state index in [1.807, 2.05) is 0 Å². The van der Waals surface area contributed by atoms with E-state index in [0.29, 0.717) is 23.7 Å². The van der Waals surface area contributed by atoms with Gasteiger partial charge in [-0.1, -0.05) is 128 Å². The minimum absolute atomic E-state index is 0.442. The normalized spacial score (nSPS) is 12.8. The second-order valence-corrected chi connectivity index (χ2v) is 23.3. The molecule has 0 aliphatic heterocycles. The Kier molecular flexibility index (Phi) is 9.18. The summed E-state index contributed by atoms with van der Waals surface area (Å²) in [7, 11) is -4.43. The summed E-state index contributed by atoms with van der Waals surface area (Å²) in [6.07, 6.45) is 0. The lowest BCUT2D eigenvalue weighted by atomic mass is 9.93. The third-order valence-electron chi connectivity index (χ3n) is 9.49. The molecule has 0 bridgehead atoms. The van der Waals surface area contributed by atoms with Crippen molar-refractivity contribution < 1.29 is 4.42 Å². The van der Waals surface area contributed by atoms with Gasteiger partial charge in [-0.3, -0.25) is 0 Å². The Hall–Kier alpha value is -3.29. The number of furan rings is 1. The van der Waals surface area contributed by atoms with Crippen LogP contribution < -0.4 is 20.3 Å². The van der Waals surface area contributed by atoms with E-state index in [0.717, 1.165) is 11.2 Å². The molecule has 0 fully saturated rings. The molecule has 0 radical (unpaired) electrons. The summed E-state index contributed by atoms with van der Waals surface area (Å²) in [5, 5.41) is 5.05. The molecule has 5 aromatic rings. The van der Waals surface area contributed by atoms with Gasteiger partial charge in [0.05, 0.1) is 0 Å². The number of benzene rings is 4. The number of para-hydroxylation sites is 4. The number of nitrogens with one attached hydrogen (secondary N) is 2. The molecule has 4 aromatic carbocycles. The molecule has 5 heteroatoms. The van der Waals surface area contributed by atoms with Crippen molar-refractivity contribution in [3.8, 4) is 0 Å². The fraction of sp³-hybridized carbons (Fsp3) is 0.400. The van der Waals surface area contributed by atoms with Gasteiger partial charge >= 0.3 is 0 Å². The van der Waals surface area contributed by atoms with Crippen molar-refractivity contribution >= 4 is 60.2 Å². The molecule has 5 rings (SSSR count). The highest BCUT2D eigenvalue weighted by Gasteiger charge is 2.34. The number of anilines is 2. The highest BCUT2D eigenvalue weighted by Crippen LogP contribution is 2.37. The summed E-state index contributed by atoms with van der Waals surface area (Å²) in [6, 6.07) is 27.1. The van der Waals surface area contributed by atoms with Gasteiger partial charge in [0, 0.05) is 32.5 Å². The first-order valence-corrected chi connectivity index (χ1v) is 22.9. The van der Waals surface area contributed by atoms with E-state index >= 15 is 0 Å². The third kappa shape index (κ3) is 6.26. The fourth-order valence-corrected chi connectivity index (χ4v) is 11.6. The van der Waals surface area contributed by atoms with Crippen molar-refractivity contribution in [2.75, 3.05) is 9.96 Å². The van der Waals surface area contributed by atoms with Crippen LogP contribution in [0.5, 0.6) is 0 Å². The second-order valence-electron chi connectivity index (χ2n) is 15.2. The van der Waals surface area contributed by atoms with Crippen molar-refractivity contribution in [2.24, 2.45) is 0 Å². The lowest BCUT2D eigenvalue weighted by Gasteiger charge is -2.31. The lowest BCUT2D eigenvalue weighted by Crippen LogP contribution is -2.50. The summed E-state index contributed by atoms with van der Waals surface area (Å²) in [4.78, 5) is 8.31. The largest absolute Gasteiger partial charge is 0.456 e. The quantitative estimate of drug-likeness (QED) is 0.150. The van der Waals surface area contributed by atoms with Crippen molar-refractivity contribution in [3.63, 3.8) is 0 Å². The molecule has 0 aliphatic carbocycles. The molecule has 2 N–H and O–H groups in total. The second kappa shape index (κ2) is 12.5. The van der Waals surface area contributed by atoms with Gasteiger partial charge in [0.2, 0.25) is 0 Å². The van der Waals surface area contributed by atoms with E-state index in [2.05, 4.69) is 164 Å². The molecule has 238 valence electrons. The predicted octanol–water partition coefficient (Wildman–Crippen LogP) is 11.1. The maximum Gasteiger partial charge on any atom is 0.183 e. The van der Waals surface area contributed by atoms with Crippen LogP contribution in [0.25, 0.3) is 21.9 Å². The smallest absolute Gasteiger partial charge is 0.183 e. The Labute approximate surface area is 274 Å². The summed E-state index contributed by atoms with van der Waals surface area (Å²) < 4.78 is 7.06. The molecule has 3 nitrogen and oxygen atoms in total. The first kappa shape index (κ1) is 33.1. The van der Waals surface area contributed by atoms with Crippen molar-refractivity contribution in [3.05, 3.63) is 95.1 Å². The minimum Gasteiger partial charge on any atom is -0.456 e. The average Bonchev–Trinajstić information content (AvgIpc) is 3.35. The van der Waals surface area contributed by atoms with Gasteiger partial charge in [0.1, 0.15) is 11.2 Å². The van der Waals surface area contributed by atoms with Crippen LogP contribution in [0.2, 0.25) is 26.2 Å². The molecule has 0 aliphatic rings. The summed E-state index contributed by atoms with van der Waals surface area (Å²) in [5.41, 5.74) is 10.3. The van der Waals surface area contributed by atoms with Crippen LogP contribution >= 0.6 is 0 Å². The number of rotatable bonds is 10. The number of hydrogen-bond acceptors (Lipinski definition) is 3. The molecule has 0 unspecified atom stereocenters. The van der Waals surface area contributed by atoms with Gasteiger partial charge in [-0.25, -0.2) is 0 Å². The highest BCUT2D eigenvalue weighted by molar-refractivity contribution is 6.94. The van der Waals surface area contributed by atoms with Gasteiger partial charge in [0.25, 0.3) is 0 Å². The zero-order valence-electron chi connectivity index (χ0n) is 29.6. The van der Waals surface area contributed by atoms with E-state index in [9.17, 15) is 0 Å². The molecular formula is C40H54N2OSi2. The van der Waals surface area contributed by atoms with Gasteiger partial charge in [-0.2, -0.15) is 0 Å². The third-order valence-corrected chi connectivity index (χ3v) is 14.7. The SMILES string of the molecule is CC(C)c1cccc(C(C)C)c1N[Si](C)(C)c1cccc2c1oc1c([Si](C)(C)Nc3c(C(C)C)cccc3C(C)C)cccc12. The number of fused-ring (bicyclic) bond motifs is 3. The summed E-state index contributed by atoms with van der Waals surface area (Å²) in [5.74, 6) is 1.77. The summed E-state index contributed by atoms with van der Waals surface area (Å²) in [6.45, 7) is 28.1. The van der Waals surface area contributed by atoms with Crippen LogP contribution in [-0.2, 0) is 0 Å². The highest BCUT2D eigenvalue weighted by atomic mass is 28.3. The molecular weight excluding hydrogens is 581 g/mol. The van der Waals surface area contributed by atoms with Crippen molar-refractivity contribution in [1.29, 1.82) is 0 Å². The topological polar surface area (TPSA) is 37.2 Å². The molecule has 0 saturated heterocycles. The average molecular weight is 635 g/mol. The van der Waals surface area contributed by atoms with Crippen LogP contribution in [0.4, 0.5) is 11.4 Å². The van der Waals surface area contributed by atoms with Crippen LogP contribution in [-0.4, -0.2) is 16.5 Å². The number of hydrogen-bond donors (Lipinski definition) is 2. The zero-order chi connectivity index (χ0) is 32.8. The van der Waals surface area contributed by atoms with Gasteiger partial charge < -0.3 is 14.4 Å². The molecule has 0 atom stereocenters. The van der Waals surface area contributed by atoms with E-state index in [4.69, 9.17) is 4.42 Å². The van der Waals surface area contributed by atoms with Gasteiger partial charge in [-0.05, 0) is 72.1 Å². The van der Waals surface area contributed by atoms with E-state index in [1.54, 1.807) is 0 Å². The lowest BCUT2D eigenvalue weighted by molar-refractivity contribution is 0.673. The van der Waals surface area contributed by atoms with Crippen LogP contribution in [0.15, 0.2) is 77.2 Å².